The van der Waals surface area contributed by atoms with Crippen molar-refractivity contribution in [2.45, 2.75) is 139 Å². The molecule has 0 saturated heterocycles. The number of hydrogen-bond donors (Lipinski definition) is 2. The van der Waals surface area contributed by atoms with Crippen LogP contribution in [0.1, 0.15) is 132 Å². The first-order chi connectivity index (χ1) is 23.4. The third kappa shape index (κ3) is 6.10. The molecule has 0 aliphatic heterocycles. The molecular weight excluding hydrogens is 646 g/mol. The monoisotopic (exact) mass is 707 g/mol. The van der Waals surface area contributed by atoms with Gasteiger partial charge < -0.3 is 15.2 Å². The molecule has 0 amide bonds. The number of carboxylic acids is 1. The summed E-state index contributed by atoms with van der Waals surface area (Å²) in [5.74, 6) is 0.987. The van der Waals surface area contributed by atoms with Crippen molar-refractivity contribution in [1.82, 2.24) is 5.32 Å². The zero-order valence-electron chi connectivity index (χ0n) is 31.9. The highest BCUT2D eigenvalue weighted by molar-refractivity contribution is 6.30. The topological polar surface area (TPSA) is 92.7 Å². The molecule has 7 heteroatoms. The molecular formula is C43H62ClNO5. The van der Waals surface area contributed by atoms with Crippen molar-refractivity contribution in [3.63, 3.8) is 0 Å². The zero-order chi connectivity index (χ0) is 36.4. The Morgan fingerprint density at radius 3 is 2.36 bits per heavy atom. The molecule has 6 nitrogen and oxygen atoms in total. The van der Waals surface area contributed by atoms with Crippen LogP contribution in [0.15, 0.2) is 35.4 Å². The summed E-state index contributed by atoms with van der Waals surface area (Å²) in [5, 5.41) is 14.0. The number of carboxylic acid groups (broad SMARTS) is 1. The number of hydrogen-bond acceptors (Lipinski definition) is 5. The molecule has 0 radical (unpaired) electrons. The minimum absolute atomic E-state index is 0.0379. The van der Waals surface area contributed by atoms with Crippen LogP contribution in [0.5, 0.6) is 0 Å². The average molecular weight is 708 g/mol. The molecule has 50 heavy (non-hydrogen) atoms. The van der Waals surface area contributed by atoms with Crippen molar-refractivity contribution in [2.75, 3.05) is 6.54 Å². The number of Topliss-reactive ketones (excluding diaryl/α,β-unsaturated/α-hetero) is 1. The van der Waals surface area contributed by atoms with E-state index in [0.29, 0.717) is 30.0 Å². The number of halogens is 1. The van der Waals surface area contributed by atoms with Gasteiger partial charge in [-0.2, -0.15) is 0 Å². The van der Waals surface area contributed by atoms with E-state index in [9.17, 15) is 19.5 Å². The fraction of sp³-hybridized carbons (Fsp3) is 0.744. The molecule has 276 valence electrons. The number of rotatable bonds is 10. The minimum atomic E-state index is -1.13. The van der Waals surface area contributed by atoms with Gasteiger partial charge in [-0.15, -0.1) is 0 Å². The van der Waals surface area contributed by atoms with Crippen LogP contribution in [0.4, 0.5) is 0 Å². The lowest BCUT2D eigenvalue weighted by molar-refractivity contribution is -0.216. The standard InChI is InChI=1S/C43H62ClNO5/c1-26(2)36-32(46)23-43(21-22-45-25-28-9-11-29(44)12-10-28)20-19-41(7)31(37(36)43)13-14-34-40(6)17-16-33(27(3)30(40)15-18-42(34,41)8)50-35(47)24-39(4,5)38(48)49/h9-12,26-27,30-31,33-34,45H,13-25H2,1-8H3,(H,48,49)/t27-,30+,31-,33+,34-,40+,41-,42-,43-/m1/s1. The summed E-state index contributed by atoms with van der Waals surface area (Å²) in [5.41, 5.74) is 3.19. The zero-order valence-corrected chi connectivity index (χ0v) is 32.7. The molecule has 0 unspecified atom stereocenters. The van der Waals surface area contributed by atoms with Crippen LogP contribution in [-0.4, -0.2) is 35.5 Å². The van der Waals surface area contributed by atoms with E-state index in [0.717, 1.165) is 68.6 Å². The molecule has 4 fully saturated rings. The highest BCUT2D eigenvalue weighted by Gasteiger charge is 2.69. The van der Waals surface area contributed by atoms with E-state index in [1.807, 2.05) is 12.1 Å². The Labute approximate surface area is 305 Å². The number of ether oxygens (including phenoxy) is 1. The maximum absolute atomic E-state index is 14.0. The van der Waals surface area contributed by atoms with Crippen molar-refractivity contribution in [3.05, 3.63) is 46.0 Å². The maximum Gasteiger partial charge on any atom is 0.309 e. The second-order valence-corrected chi connectivity index (χ2v) is 19.3. The van der Waals surface area contributed by atoms with E-state index in [4.69, 9.17) is 16.3 Å². The molecule has 5 aliphatic carbocycles. The first-order valence-electron chi connectivity index (χ1n) is 19.5. The van der Waals surface area contributed by atoms with Gasteiger partial charge in [0.2, 0.25) is 0 Å². The normalized spacial score (nSPS) is 38.3. The van der Waals surface area contributed by atoms with Gasteiger partial charge in [-0.3, -0.25) is 14.4 Å². The Hall–Kier alpha value is -2.18. The van der Waals surface area contributed by atoms with E-state index in [1.54, 1.807) is 19.4 Å². The van der Waals surface area contributed by atoms with Gasteiger partial charge in [0.05, 0.1) is 11.8 Å². The third-order valence-electron chi connectivity index (χ3n) is 15.6. The van der Waals surface area contributed by atoms with E-state index < -0.39 is 17.4 Å². The van der Waals surface area contributed by atoms with Crippen LogP contribution in [-0.2, 0) is 25.7 Å². The molecule has 9 atom stereocenters. The summed E-state index contributed by atoms with van der Waals surface area (Å²) >= 11 is 6.11. The fourth-order valence-electron chi connectivity index (χ4n) is 12.6. The van der Waals surface area contributed by atoms with Crippen molar-refractivity contribution < 1.29 is 24.2 Å². The van der Waals surface area contributed by atoms with E-state index in [2.05, 4.69) is 59.0 Å². The Morgan fingerprint density at radius 1 is 1.00 bits per heavy atom. The number of allylic oxidation sites excluding steroid dienone is 2. The molecule has 6 rings (SSSR count). The first-order valence-corrected chi connectivity index (χ1v) is 19.9. The Kier molecular flexibility index (Phi) is 10.0. The number of carbonyl (C=O) groups excluding carboxylic acids is 2. The molecule has 1 aromatic rings. The minimum Gasteiger partial charge on any atom is -0.481 e. The number of ketones is 1. The molecule has 1 aromatic carbocycles. The summed E-state index contributed by atoms with van der Waals surface area (Å²) in [6.45, 7) is 19.4. The highest BCUT2D eigenvalue weighted by Crippen LogP contribution is 2.76. The lowest BCUT2D eigenvalue weighted by Gasteiger charge is -2.71. The van der Waals surface area contributed by atoms with Gasteiger partial charge in [0, 0.05) is 23.4 Å². The van der Waals surface area contributed by atoms with Crippen LogP contribution in [0.3, 0.4) is 0 Å². The number of carbonyl (C=O) groups is 3. The van der Waals surface area contributed by atoms with Crippen molar-refractivity contribution in [2.24, 2.45) is 56.7 Å². The molecule has 4 saturated carbocycles. The predicted octanol–water partition coefficient (Wildman–Crippen LogP) is 9.82. The van der Waals surface area contributed by atoms with Crippen molar-refractivity contribution >= 4 is 29.3 Å². The molecule has 0 aromatic heterocycles. The second kappa shape index (κ2) is 13.3. The van der Waals surface area contributed by atoms with Crippen LogP contribution in [0.2, 0.25) is 5.02 Å². The third-order valence-corrected chi connectivity index (χ3v) is 15.8. The van der Waals surface area contributed by atoms with Gasteiger partial charge in [0.15, 0.2) is 5.78 Å². The number of aliphatic carboxylic acids is 1. The summed E-state index contributed by atoms with van der Waals surface area (Å²) in [6, 6.07) is 8.06. The van der Waals surface area contributed by atoms with E-state index in [-0.39, 0.29) is 46.0 Å². The Balaban J connectivity index is 1.21. The van der Waals surface area contributed by atoms with Gasteiger partial charge in [-0.1, -0.05) is 70.8 Å². The summed E-state index contributed by atoms with van der Waals surface area (Å²) in [7, 11) is 0. The first kappa shape index (κ1) is 37.6. The van der Waals surface area contributed by atoms with E-state index in [1.165, 1.54) is 18.4 Å². The number of nitrogens with one attached hydrogen (secondary N) is 1. The Bertz CT molecular complexity index is 1530. The van der Waals surface area contributed by atoms with Gasteiger partial charge in [-0.05, 0) is 147 Å². The second-order valence-electron chi connectivity index (χ2n) is 18.9. The van der Waals surface area contributed by atoms with Gasteiger partial charge >= 0.3 is 11.9 Å². The maximum atomic E-state index is 14.0. The SMILES string of the molecule is CC(C)C1=C2[C@H]3CC[C@@H]4[C@@]5(C)CC[C@H](OC(=O)CC(C)(C)C(=O)O)[C@H](C)[C@@H]5CC[C@@]4(C)[C@]3(C)CC[C@@]2(CCNCc2ccc(Cl)cc2)CC1=O. The average Bonchev–Trinajstić information content (AvgIpc) is 3.34. The van der Waals surface area contributed by atoms with E-state index >= 15 is 0 Å². The lowest BCUT2D eigenvalue weighted by atomic mass is 9.34. The Morgan fingerprint density at radius 2 is 1.70 bits per heavy atom. The van der Waals surface area contributed by atoms with Gasteiger partial charge in [0.1, 0.15) is 6.10 Å². The van der Waals surface area contributed by atoms with Gasteiger partial charge in [-0.25, -0.2) is 0 Å². The quantitative estimate of drug-likeness (QED) is 0.186. The summed E-state index contributed by atoms with van der Waals surface area (Å²) in [6.07, 6.45) is 10.1. The molecule has 5 aliphatic rings. The van der Waals surface area contributed by atoms with Crippen LogP contribution >= 0.6 is 11.6 Å². The van der Waals surface area contributed by atoms with Crippen molar-refractivity contribution in [1.29, 1.82) is 0 Å². The summed E-state index contributed by atoms with van der Waals surface area (Å²) < 4.78 is 6.07. The number of benzene rings is 1. The highest BCUT2D eigenvalue weighted by atomic mass is 35.5. The van der Waals surface area contributed by atoms with Crippen molar-refractivity contribution in [3.8, 4) is 0 Å². The smallest absolute Gasteiger partial charge is 0.309 e. The summed E-state index contributed by atoms with van der Waals surface area (Å²) in [4.78, 5) is 38.6. The van der Waals surface area contributed by atoms with Crippen LogP contribution in [0.25, 0.3) is 0 Å². The molecule has 0 heterocycles. The molecule has 0 spiro atoms. The molecule has 0 bridgehead atoms. The predicted molar refractivity (Wildman–Crippen MR) is 199 cm³/mol. The van der Waals surface area contributed by atoms with Gasteiger partial charge in [0.25, 0.3) is 0 Å². The largest absolute Gasteiger partial charge is 0.481 e. The fourth-order valence-corrected chi connectivity index (χ4v) is 12.7. The van der Waals surface area contributed by atoms with Crippen LogP contribution < -0.4 is 5.32 Å². The lowest BCUT2D eigenvalue weighted by Crippen LogP contribution is -2.64. The van der Waals surface area contributed by atoms with Crippen LogP contribution in [0, 0.1) is 56.7 Å². The molecule has 2 N–H and O–H groups in total. The number of fused-ring (bicyclic) bond motifs is 7. The number of esters is 1.